The van der Waals surface area contributed by atoms with Crippen LogP contribution in [0.15, 0.2) is 12.4 Å². The zero-order chi connectivity index (χ0) is 13.1. The third-order valence-corrected chi connectivity index (χ3v) is 4.12. The van der Waals surface area contributed by atoms with E-state index in [0.717, 1.165) is 6.42 Å². The van der Waals surface area contributed by atoms with Crippen LogP contribution in [0.5, 0.6) is 0 Å². The van der Waals surface area contributed by atoms with Crippen molar-refractivity contribution in [1.29, 1.82) is 0 Å². The second-order valence-electron chi connectivity index (χ2n) is 4.91. The molecule has 98 valence electrons. The summed E-state index contributed by atoms with van der Waals surface area (Å²) in [5.74, 6) is 1.08. The van der Waals surface area contributed by atoms with E-state index >= 15 is 0 Å². The van der Waals surface area contributed by atoms with Crippen LogP contribution < -0.4 is 5.32 Å². The lowest BCUT2D eigenvalue weighted by Gasteiger charge is -2.20. The zero-order valence-corrected chi connectivity index (χ0v) is 11.4. The van der Waals surface area contributed by atoms with Crippen molar-refractivity contribution in [3.05, 3.63) is 23.2 Å². The van der Waals surface area contributed by atoms with Gasteiger partial charge in [-0.15, -0.1) is 0 Å². The average molecular weight is 268 g/mol. The quantitative estimate of drug-likeness (QED) is 0.916. The number of nitrogens with one attached hydrogen (secondary N) is 1. The summed E-state index contributed by atoms with van der Waals surface area (Å²) in [6.07, 6.45) is 6.22. The van der Waals surface area contributed by atoms with Gasteiger partial charge in [0.1, 0.15) is 10.8 Å². The maximum absolute atomic E-state index is 12.0. The lowest BCUT2D eigenvalue weighted by Crippen LogP contribution is -2.37. The number of halogens is 1. The Bertz CT molecular complexity index is 421. The predicted octanol–water partition coefficient (Wildman–Crippen LogP) is 2.68. The Morgan fingerprint density at radius 2 is 2.22 bits per heavy atom. The molecule has 2 rings (SSSR count). The van der Waals surface area contributed by atoms with E-state index in [0.29, 0.717) is 22.7 Å². The molecule has 0 radical (unpaired) electrons. The number of rotatable bonds is 3. The first kappa shape index (κ1) is 13.3. The van der Waals surface area contributed by atoms with E-state index in [1.165, 1.54) is 25.2 Å². The number of hydrogen-bond acceptors (Lipinski definition) is 3. The third-order valence-electron chi connectivity index (χ3n) is 3.92. The van der Waals surface area contributed by atoms with Crippen LogP contribution in [0.3, 0.4) is 0 Å². The van der Waals surface area contributed by atoms with Crippen LogP contribution in [0.1, 0.15) is 43.6 Å². The highest BCUT2D eigenvalue weighted by atomic mass is 35.5. The molecule has 4 nitrogen and oxygen atoms in total. The highest BCUT2D eigenvalue weighted by Gasteiger charge is 2.32. The van der Waals surface area contributed by atoms with Crippen molar-refractivity contribution in [3.8, 4) is 0 Å². The molecule has 0 spiro atoms. The van der Waals surface area contributed by atoms with Gasteiger partial charge in [-0.3, -0.25) is 4.79 Å². The largest absolute Gasteiger partial charge is 0.348 e. The zero-order valence-electron chi connectivity index (χ0n) is 10.7. The molecular weight excluding hydrogens is 250 g/mol. The smallest absolute Gasteiger partial charge is 0.271 e. The van der Waals surface area contributed by atoms with Crippen LogP contribution >= 0.6 is 11.6 Å². The number of nitrogens with zero attached hydrogens (tertiary/aromatic N) is 2. The number of carbonyl (C=O) groups excluding carboxylic acids is 1. The van der Waals surface area contributed by atoms with Crippen molar-refractivity contribution in [1.82, 2.24) is 15.3 Å². The molecule has 1 aliphatic carbocycles. The summed E-state index contributed by atoms with van der Waals surface area (Å²) in [4.78, 5) is 19.8. The highest BCUT2D eigenvalue weighted by Crippen LogP contribution is 2.33. The summed E-state index contributed by atoms with van der Waals surface area (Å²) in [6.45, 7) is 4.41. The first-order chi connectivity index (χ1) is 8.61. The second-order valence-corrected chi connectivity index (χ2v) is 5.30. The molecule has 1 fully saturated rings. The normalized spacial score (nSPS) is 27.2. The molecule has 0 bridgehead atoms. The van der Waals surface area contributed by atoms with E-state index in [2.05, 4.69) is 29.1 Å². The Hall–Kier alpha value is -1.16. The summed E-state index contributed by atoms with van der Waals surface area (Å²) >= 11 is 5.64. The fourth-order valence-corrected chi connectivity index (χ4v) is 2.80. The maximum Gasteiger partial charge on any atom is 0.271 e. The minimum absolute atomic E-state index is 0.159. The van der Waals surface area contributed by atoms with Crippen LogP contribution in [-0.4, -0.2) is 21.9 Å². The van der Waals surface area contributed by atoms with E-state index in [1.54, 1.807) is 0 Å². The van der Waals surface area contributed by atoms with Crippen LogP contribution in [-0.2, 0) is 0 Å². The van der Waals surface area contributed by atoms with Gasteiger partial charge in [-0.05, 0) is 24.7 Å². The number of amides is 1. The number of aromatic nitrogens is 2. The van der Waals surface area contributed by atoms with Gasteiger partial charge in [-0.1, -0.05) is 31.9 Å². The topological polar surface area (TPSA) is 54.9 Å². The minimum Gasteiger partial charge on any atom is -0.348 e. The summed E-state index contributed by atoms with van der Waals surface area (Å²) < 4.78 is 0. The van der Waals surface area contributed by atoms with Gasteiger partial charge in [0.25, 0.3) is 5.91 Å². The Morgan fingerprint density at radius 3 is 2.78 bits per heavy atom. The van der Waals surface area contributed by atoms with Crippen LogP contribution in [0, 0.1) is 11.8 Å². The van der Waals surface area contributed by atoms with Crippen molar-refractivity contribution in [2.24, 2.45) is 11.8 Å². The highest BCUT2D eigenvalue weighted by molar-refractivity contribution is 6.29. The van der Waals surface area contributed by atoms with Gasteiger partial charge in [0, 0.05) is 6.04 Å². The average Bonchev–Trinajstić information content (AvgIpc) is 2.71. The first-order valence-corrected chi connectivity index (χ1v) is 6.78. The molecule has 0 aliphatic heterocycles. The van der Waals surface area contributed by atoms with Gasteiger partial charge in [-0.25, -0.2) is 9.97 Å². The first-order valence-electron chi connectivity index (χ1n) is 6.40. The standard InChI is InChI=1S/C13H18ClN3O/c1-3-9-4-5-10(8(9)2)17-13(18)11-6-16-12(14)7-15-11/h6-10H,3-5H2,1-2H3,(H,17,18). The van der Waals surface area contributed by atoms with Gasteiger partial charge < -0.3 is 5.32 Å². The predicted molar refractivity (Wildman–Crippen MR) is 70.5 cm³/mol. The molecule has 1 aliphatic rings. The van der Waals surface area contributed by atoms with Gasteiger partial charge in [-0.2, -0.15) is 0 Å². The summed E-state index contributed by atoms with van der Waals surface area (Å²) in [5, 5.41) is 3.34. The summed E-state index contributed by atoms with van der Waals surface area (Å²) in [6, 6.07) is 0.250. The van der Waals surface area contributed by atoms with E-state index in [1.807, 2.05) is 0 Å². The molecule has 1 aromatic rings. The lowest BCUT2D eigenvalue weighted by atomic mass is 9.93. The number of hydrogen-bond donors (Lipinski definition) is 1. The Balaban J connectivity index is 1.98. The fourth-order valence-electron chi connectivity index (χ4n) is 2.70. The van der Waals surface area contributed by atoms with Crippen LogP contribution in [0.25, 0.3) is 0 Å². The van der Waals surface area contributed by atoms with Gasteiger partial charge in [0.2, 0.25) is 0 Å². The van der Waals surface area contributed by atoms with Crippen LogP contribution in [0.4, 0.5) is 0 Å². The van der Waals surface area contributed by atoms with E-state index in [9.17, 15) is 4.79 Å². The minimum atomic E-state index is -0.159. The van der Waals surface area contributed by atoms with E-state index in [4.69, 9.17) is 11.6 Å². The maximum atomic E-state index is 12.0. The molecule has 18 heavy (non-hydrogen) atoms. The number of carbonyl (C=O) groups is 1. The monoisotopic (exact) mass is 267 g/mol. The van der Waals surface area contributed by atoms with Crippen molar-refractivity contribution in [3.63, 3.8) is 0 Å². The molecule has 1 saturated carbocycles. The van der Waals surface area contributed by atoms with Crippen molar-refractivity contribution < 1.29 is 4.79 Å². The van der Waals surface area contributed by atoms with E-state index in [-0.39, 0.29) is 11.9 Å². The Labute approximate surface area is 112 Å². The Morgan fingerprint density at radius 1 is 1.44 bits per heavy atom. The molecule has 1 aromatic heterocycles. The summed E-state index contributed by atoms with van der Waals surface area (Å²) in [5.41, 5.74) is 0.326. The SMILES string of the molecule is CCC1CCC(NC(=O)c2cnc(Cl)cn2)C1C. The third kappa shape index (κ3) is 2.80. The van der Waals surface area contributed by atoms with Crippen molar-refractivity contribution >= 4 is 17.5 Å². The molecule has 3 atom stereocenters. The molecule has 0 saturated heterocycles. The Kier molecular flexibility index (Phi) is 4.17. The molecule has 5 heteroatoms. The van der Waals surface area contributed by atoms with Crippen LogP contribution in [0.2, 0.25) is 5.15 Å². The molecule has 1 heterocycles. The van der Waals surface area contributed by atoms with Gasteiger partial charge in [0.05, 0.1) is 12.4 Å². The van der Waals surface area contributed by atoms with Gasteiger partial charge in [0.15, 0.2) is 0 Å². The van der Waals surface area contributed by atoms with E-state index < -0.39 is 0 Å². The summed E-state index contributed by atoms with van der Waals surface area (Å²) in [7, 11) is 0. The molecular formula is C13H18ClN3O. The molecule has 0 aromatic carbocycles. The second kappa shape index (κ2) is 5.65. The lowest BCUT2D eigenvalue weighted by molar-refractivity contribution is 0.0921. The molecule has 1 N–H and O–H groups in total. The van der Waals surface area contributed by atoms with Crippen molar-refractivity contribution in [2.45, 2.75) is 39.2 Å². The molecule has 3 unspecified atom stereocenters. The van der Waals surface area contributed by atoms with Crippen molar-refractivity contribution in [2.75, 3.05) is 0 Å². The van der Waals surface area contributed by atoms with Gasteiger partial charge >= 0.3 is 0 Å². The fraction of sp³-hybridized carbons (Fsp3) is 0.615. The molecule has 1 amide bonds.